The molecule has 0 aromatic rings. The molecule has 5 heteroatoms. The van der Waals surface area contributed by atoms with Crippen molar-refractivity contribution in [1.29, 1.82) is 0 Å². The van der Waals surface area contributed by atoms with Crippen LogP contribution >= 0.6 is 12.4 Å². The summed E-state index contributed by atoms with van der Waals surface area (Å²) in [5, 5.41) is 6.39. The summed E-state index contributed by atoms with van der Waals surface area (Å²) in [5.41, 5.74) is 0. The minimum atomic E-state index is 0. The molecule has 2 fully saturated rings. The standard InChI is InChI=1S/C12H23N3O.ClH/c16-12(11-3-1-4-11)14-5-2-8-15-9-6-13-7-10-15;/h11,13H,1-10H2,(H,14,16);1H. The normalized spacial score (nSPS) is 21.4. The van der Waals surface area contributed by atoms with Gasteiger partial charge in [0.25, 0.3) is 0 Å². The molecule has 0 aromatic heterocycles. The van der Waals surface area contributed by atoms with Crippen LogP contribution in [-0.2, 0) is 4.79 Å². The first kappa shape index (κ1) is 14.7. The monoisotopic (exact) mass is 261 g/mol. The van der Waals surface area contributed by atoms with Crippen molar-refractivity contribution < 1.29 is 4.79 Å². The van der Waals surface area contributed by atoms with Crippen molar-refractivity contribution >= 4 is 18.3 Å². The summed E-state index contributed by atoms with van der Waals surface area (Å²) >= 11 is 0. The maximum absolute atomic E-state index is 11.5. The SMILES string of the molecule is Cl.O=C(NCCCN1CCNCC1)C1CCC1. The molecule has 100 valence electrons. The van der Waals surface area contributed by atoms with E-state index in [2.05, 4.69) is 15.5 Å². The Kier molecular flexibility index (Phi) is 6.85. The Morgan fingerprint density at radius 3 is 2.59 bits per heavy atom. The molecule has 0 radical (unpaired) electrons. The van der Waals surface area contributed by atoms with Crippen LogP contribution in [0.25, 0.3) is 0 Å². The van der Waals surface area contributed by atoms with E-state index in [-0.39, 0.29) is 18.3 Å². The highest BCUT2D eigenvalue weighted by Crippen LogP contribution is 2.25. The minimum absolute atomic E-state index is 0. The fraction of sp³-hybridized carbons (Fsp3) is 0.917. The van der Waals surface area contributed by atoms with Crippen LogP contribution in [0.15, 0.2) is 0 Å². The summed E-state index contributed by atoms with van der Waals surface area (Å²) in [5.74, 6) is 0.616. The Morgan fingerprint density at radius 1 is 1.29 bits per heavy atom. The Balaban J connectivity index is 0.00000144. The number of carbonyl (C=O) groups is 1. The number of hydrogen-bond acceptors (Lipinski definition) is 3. The highest BCUT2D eigenvalue weighted by molar-refractivity contribution is 5.85. The molecule has 4 nitrogen and oxygen atoms in total. The zero-order chi connectivity index (χ0) is 11.2. The number of halogens is 1. The number of hydrogen-bond donors (Lipinski definition) is 2. The van der Waals surface area contributed by atoms with Gasteiger partial charge < -0.3 is 15.5 Å². The molecule has 1 amide bonds. The predicted molar refractivity (Wildman–Crippen MR) is 71.5 cm³/mol. The average Bonchev–Trinajstić information content (AvgIpc) is 2.23. The minimum Gasteiger partial charge on any atom is -0.356 e. The van der Waals surface area contributed by atoms with Crippen LogP contribution in [0.3, 0.4) is 0 Å². The maximum Gasteiger partial charge on any atom is 0.223 e. The first-order valence-corrected chi connectivity index (χ1v) is 6.57. The van der Waals surface area contributed by atoms with Crippen LogP contribution in [0.2, 0.25) is 0 Å². The second kappa shape index (κ2) is 7.90. The van der Waals surface area contributed by atoms with Gasteiger partial charge in [-0.25, -0.2) is 0 Å². The second-order valence-corrected chi connectivity index (χ2v) is 4.86. The summed E-state index contributed by atoms with van der Waals surface area (Å²) < 4.78 is 0. The third kappa shape index (κ3) is 4.82. The summed E-state index contributed by atoms with van der Waals surface area (Å²) in [6.07, 6.45) is 4.52. The molecule has 1 aliphatic heterocycles. The molecule has 0 atom stereocenters. The van der Waals surface area contributed by atoms with Crippen molar-refractivity contribution in [1.82, 2.24) is 15.5 Å². The molecule has 0 spiro atoms. The van der Waals surface area contributed by atoms with Crippen LogP contribution in [0.4, 0.5) is 0 Å². The van der Waals surface area contributed by atoms with Gasteiger partial charge in [-0.1, -0.05) is 6.42 Å². The van der Waals surface area contributed by atoms with E-state index in [0.29, 0.717) is 5.92 Å². The first-order chi connectivity index (χ1) is 7.86. The fourth-order valence-electron chi connectivity index (χ4n) is 2.26. The number of nitrogens with one attached hydrogen (secondary N) is 2. The molecule has 17 heavy (non-hydrogen) atoms. The van der Waals surface area contributed by atoms with Gasteiger partial charge in [-0.15, -0.1) is 12.4 Å². The van der Waals surface area contributed by atoms with E-state index in [9.17, 15) is 4.79 Å². The molecule has 0 aromatic carbocycles. The summed E-state index contributed by atoms with van der Waals surface area (Å²) in [6, 6.07) is 0. The number of nitrogens with zero attached hydrogens (tertiary/aromatic N) is 1. The average molecular weight is 262 g/mol. The Morgan fingerprint density at radius 2 is 2.00 bits per heavy atom. The van der Waals surface area contributed by atoms with E-state index in [1.165, 1.54) is 6.42 Å². The molecule has 1 aliphatic carbocycles. The van der Waals surface area contributed by atoms with Gasteiger partial charge in [-0.3, -0.25) is 4.79 Å². The number of rotatable bonds is 5. The zero-order valence-corrected chi connectivity index (χ0v) is 11.2. The van der Waals surface area contributed by atoms with Gasteiger partial charge in [0.15, 0.2) is 0 Å². The molecule has 1 heterocycles. The number of carbonyl (C=O) groups excluding carboxylic acids is 1. The van der Waals surface area contributed by atoms with Crippen LogP contribution in [0.5, 0.6) is 0 Å². The third-order valence-electron chi connectivity index (χ3n) is 3.64. The van der Waals surface area contributed by atoms with E-state index in [1.54, 1.807) is 0 Å². The van der Waals surface area contributed by atoms with Gasteiger partial charge in [0.05, 0.1) is 0 Å². The molecular weight excluding hydrogens is 238 g/mol. The smallest absolute Gasteiger partial charge is 0.223 e. The van der Waals surface area contributed by atoms with Crippen molar-refractivity contribution in [3.63, 3.8) is 0 Å². The van der Waals surface area contributed by atoms with Crippen molar-refractivity contribution in [2.75, 3.05) is 39.3 Å². The van der Waals surface area contributed by atoms with Gasteiger partial charge in [0, 0.05) is 38.6 Å². The Labute approximate surface area is 110 Å². The maximum atomic E-state index is 11.5. The fourth-order valence-corrected chi connectivity index (χ4v) is 2.26. The van der Waals surface area contributed by atoms with Gasteiger partial charge in [0.1, 0.15) is 0 Å². The lowest BCUT2D eigenvalue weighted by molar-refractivity contribution is -0.127. The van der Waals surface area contributed by atoms with Crippen molar-refractivity contribution in [3.05, 3.63) is 0 Å². The Hall–Kier alpha value is -0.320. The summed E-state index contributed by atoms with van der Waals surface area (Å²) in [6.45, 7) is 6.47. The van der Waals surface area contributed by atoms with E-state index in [1.807, 2.05) is 0 Å². The lowest BCUT2D eigenvalue weighted by atomic mass is 9.85. The van der Waals surface area contributed by atoms with Gasteiger partial charge in [-0.2, -0.15) is 0 Å². The molecule has 0 unspecified atom stereocenters. The molecular formula is C12H24ClN3O. The van der Waals surface area contributed by atoms with Gasteiger partial charge >= 0.3 is 0 Å². The van der Waals surface area contributed by atoms with Crippen LogP contribution < -0.4 is 10.6 Å². The predicted octanol–water partition coefficient (Wildman–Crippen LogP) is 0.620. The van der Waals surface area contributed by atoms with E-state index < -0.39 is 0 Å². The number of amides is 1. The van der Waals surface area contributed by atoms with Crippen molar-refractivity contribution in [3.8, 4) is 0 Å². The Bertz CT molecular complexity index is 228. The molecule has 2 aliphatic rings. The van der Waals surface area contributed by atoms with Gasteiger partial charge in [-0.05, 0) is 25.8 Å². The number of piperazine rings is 1. The highest BCUT2D eigenvalue weighted by Gasteiger charge is 2.24. The lowest BCUT2D eigenvalue weighted by Crippen LogP contribution is -2.44. The lowest BCUT2D eigenvalue weighted by Gasteiger charge is -2.27. The molecule has 1 saturated heterocycles. The summed E-state index contributed by atoms with van der Waals surface area (Å²) in [4.78, 5) is 14.0. The van der Waals surface area contributed by atoms with Crippen molar-refractivity contribution in [2.45, 2.75) is 25.7 Å². The van der Waals surface area contributed by atoms with E-state index in [4.69, 9.17) is 0 Å². The topological polar surface area (TPSA) is 44.4 Å². The highest BCUT2D eigenvalue weighted by atomic mass is 35.5. The van der Waals surface area contributed by atoms with E-state index in [0.717, 1.165) is 58.5 Å². The van der Waals surface area contributed by atoms with Gasteiger partial charge in [0.2, 0.25) is 5.91 Å². The molecule has 0 bridgehead atoms. The second-order valence-electron chi connectivity index (χ2n) is 4.86. The zero-order valence-electron chi connectivity index (χ0n) is 10.4. The van der Waals surface area contributed by atoms with E-state index >= 15 is 0 Å². The molecule has 2 rings (SSSR count). The van der Waals surface area contributed by atoms with Crippen molar-refractivity contribution in [2.24, 2.45) is 5.92 Å². The third-order valence-corrected chi connectivity index (χ3v) is 3.64. The summed E-state index contributed by atoms with van der Waals surface area (Å²) in [7, 11) is 0. The van der Waals surface area contributed by atoms with Crippen LogP contribution in [0.1, 0.15) is 25.7 Å². The first-order valence-electron chi connectivity index (χ1n) is 6.57. The van der Waals surface area contributed by atoms with Crippen LogP contribution in [0, 0.1) is 5.92 Å². The molecule has 1 saturated carbocycles. The largest absolute Gasteiger partial charge is 0.356 e. The quantitative estimate of drug-likeness (QED) is 0.714. The molecule has 2 N–H and O–H groups in total. The van der Waals surface area contributed by atoms with Crippen LogP contribution in [-0.4, -0.2) is 50.1 Å².